The maximum absolute atomic E-state index is 12.8. The first-order chi connectivity index (χ1) is 22.8. The number of aliphatic carboxylic acids is 2. The third-order valence-electron chi connectivity index (χ3n) is 5.30. The van der Waals surface area contributed by atoms with Gasteiger partial charge in [0.25, 0.3) is 5.91 Å². The van der Waals surface area contributed by atoms with E-state index in [9.17, 15) is 31.1 Å². The van der Waals surface area contributed by atoms with Crippen LogP contribution in [0.3, 0.4) is 0 Å². The second-order valence-corrected chi connectivity index (χ2v) is 9.69. The number of carboxylic acid groups (broad SMARTS) is 2. The van der Waals surface area contributed by atoms with Gasteiger partial charge in [-0.05, 0) is 60.7 Å². The zero-order valence-corrected chi connectivity index (χ0v) is 25.6. The number of alkyl halides is 6. The van der Waals surface area contributed by atoms with Gasteiger partial charge in [-0.2, -0.15) is 26.3 Å². The number of amidine groups is 2. The van der Waals surface area contributed by atoms with E-state index in [2.05, 4.69) is 25.9 Å². The number of halogens is 8. The molecular weight excluding hydrogens is 711 g/mol. The van der Waals surface area contributed by atoms with Crippen LogP contribution in [-0.2, 0) is 9.59 Å². The standard InChI is InChI=1S/C25H19Cl2N7O.2C2HF3O2/c26-18-13-15(32-23(28)21-5-1-3-11-30-21)7-9-17(18)25(35)34-20-10-8-16(14-19(20)27)33-24(29)22-6-2-4-12-31-22;2*3-2(4,5)1(6)7/h1-14H,(H2,28,32)(H2,29,33)(H,34,35);2*(H,6,7). The highest BCUT2D eigenvalue weighted by atomic mass is 35.5. The van der Waals surface area contributed by atoms with E-state index in [0.29, 0.717) is 28.5 Å². The summed E-state index contributed by atoms with van der Waals surface area (Å²) in [6.45, 7) is 0. The van der Waals surface area contributed by atoms with Crippen molar-refractivity contribution in [3.63, 3.8) is 0 Å². The molecule has 258 valence electrons. The van der Waals surface area contributed by atoms with E-state index < -0.39 is 30.2 Å². The number of rotatable bonds is 6. The largest absolute Gasteiger partial charge is 0.490 e. The lowest BCUT2D eigenvalue weighted by molar-refractivity contribution is -0.193. The van der Waals surface area contributed by atoms with Crippen molar-refractivity contribution in [3.05, 3.63) is 112 Å². The molecular formula is C29H21Cl2F6N7O5. The monoisotopic (exact) mass is 731 g/mol. The Morgan fingerprint density at radius 3 is 1.39 bits per heavy atom. The van der Waals surface area contributed by atoms with Crippen LogP contribution in [0.5, 0.6) is 0 Å². The number of hydrogen-bond donors (Lipinski definition) is 7. The van der Waals surface area contributed by atoms with Gasteiger partial charge in [0.1, 0.15) is 23.1 Å². The van der Waals surface area contributed by atoms with Gasteiger partial charge in [0.05, 0.1) is 21.3 Å². The number of pyridine rings is 2. The van der Waals surface area contributed by atoms with Crippen molar-refractivity contribution < 1.29 is 50.9 Å². The molecule has 12 nitrogen and oxygen atoms in total. The lowest BCUT2D eigenvalue weighted by Gasteiger charge is -2.13. The summed E-state index contributed by atoms with van der Waals surface area (Å²) >= 11 is 12.7. The van der Waals surface area contributed by atoms with Crippen LogP contribution in [0.15, 0.2) is 85.2 Å². The van der Waals surface area contributed by atoms with Crippen LogP contribution in [0.1, 0.15) is 21.7 Å². The maximum Gasteiger partial charge on any atom is 0.490 e. The van der Waals surface area contributed by atoms with Crippen LogP contribution in [0.4, 0.5) is 43.4 Å². The van der Waals surface area contributed by atoms with E-state index in [0.717, 1.165) is 0 Å². The van der Waals surface area contributed by atoms with Gasteiger partial charge >= 0.3 is 24.3 Å². The first kappa shape index (κ1) is 39.4. The van der Waals surface area contributed by atoms with Crippen molar-refractivity contribution in [1.29, 1.82) is 10.8 Å². The fraction of sp³-hybridized carbons (Fsp3) is 0.0690. The van der Waals surface area contributed by atoms with Gasteiger partial charge in [0, 0.05) is 23.8 Å². The molecule has 0 atom stereocenters. The Balaban J connectivity index is 0.000000500. The van der Waals surface area contributed by atoms with Crippen LogP contribution in [0, 0.1) is 10.8 Å². The summed E-state index contributed by atoms with van der Waals surface area (Å²) in [5, 5.41) is 39.6. The molecule has 2 aromatic carbocycles. The van der Waals surface area contributed by atoms with Crippen LogP contribution >= 0.6 is 23.2 Å². The number of nitrogens with zero attached hydrogens (tertiary/aromatic N) is 2. The number of benzene rings is 2. The number of aromatic nitrogens is 2. The number of carbonyl (C=O) groups is 3. The van der Waals surface area contributed by atoms with Crippen LogP contribution in [-0.4, -0.2) is 62.1 Å². The molecule has 1 amide bonds. The van der Waals surface area contributed by atoms with Gasteiger partial charge in [-0.3, -0.25) is 25.6 Å². The number of carboxylic acids is 2. The highest BCUT2D eigenvalue weighted by molar-refractivity contribution is 6.36. The summed E-state index contributed by atoms with van der Waals surface area (Å²) in [5.74, 6) is -5.73. The Labute approximate surface area is 281 Å². The fourth-order valence-electron chi connectivity index (χ4n) is 3.10. The minimum Gasteiger partial charge on any atom is -0.475 e. The lowest BCUT2D eigenvalue weighted by atomic mass is 10.1. The molecule has 4 aromatic rings. The molecule has 2 aromatic heterocycles. The SMILES string of the molecule is N=C(Nc1ccc(NC(=O)c2ccc(NC(=N)c3ccccn3)cc2Cl)c(Cl)c1)c1ccccn1.O=C(O)C(F)(F)F.O=C(O)C(F)(F)F. The second kappa shape index (κ2) is 17.4. The molecule has 0 aliphatic carbocycles. The van der Waals surface area contributed by atoms with E-state index in [-0.39, 0.29) is 27.3 Å². The molecule has 0 fully saturated rings. The molecule has 0 aliphatic heterocycles. The van der Waals surface area contributed by atoms with Crippen molar-refractivity contribution in [3.8, 4) is 0 Å². The predicted molar refractivity (Wildman–Crippen MR) is 168 cm³/mol. The molecule has 0 saturated carbocycles. The molecule has 20 heteroatoms. The van der Waals surface area contributed by atoms with E-state index in [1.165, 1.54) is 0 Å². The average Bonchev–Trinajstić information content (AvgIpc) is 3.03. The molecule has 0 bridgehead atoms. The first-order valence-electron chi connectivity index (χ1n) is 12.8. The van der Waals surface area contributed by atoms with Crippen molar-refractivity contribution in [1.82, 2.24) is 9.97 Å². The van der Waals surface area contributed by atoms with Gasteiger partial charge in [-0.1, -0.05) is 35.3 Å². The molecule has 4 rings (SSSR count). The quantitative estimate of drug-likeness (QED) is 0.0609. The topological polar surface area (TPSA) is 201 Å². The van der Waals surface area contributed by atoms with Gasteiger partial charge in [-0.25, -0.2) is 9.59 Å². The molecule has 0 aliphatic rings. The highest BCUT2D eigenvalue weighted by Gasteiger charge is 2.38. The summed E-state index contributed by atoms with van der Waals surface area (Å²) in [7, 11) is 0. The van der Waals surface area contributed by atoms with Gasteiger partial charge in [-0.15, -0.1) is 0 Å². The summed E-state index contributed by atoms with van der Waals surface area (Å²) in [6, 6.07) is 20.3. The molecule has 2 heterocycles. The van der Waals surface area contributed by atoms with E-state index in [4.69, 9.17) is 53.8 Å². The summed E-state index contributed by atoms with van der Waals surface area (Å²) in [5.41, 5.74) is 2.73. The van der Waals surface area contributed by atoms with Crippen LogP contribution < -0.4 is 16.0 Å². The fourth-order valence-corrected chi connectivity index (χ4v) is 3.59. The smallest absolute Gasteiger partial charge is 0.475 e. The minimum atomic E-state index is -5.08. The Kier molecular flexibility index (Phi) is 14.0. The Morgan fingerprint density at radius 2 is 1.04 bits per heavy atom. The van der Waals surface area contributed by atoms with Gasteiger partial charge < -0.3 is 26.2 Å². The minimum absolute atomic E-state index is 0.107. The number of amides is 1. The zero-order chi connectivity index (χ0) is 36.9. The maximum atomic E-state index is 12.8. The third-order valence-corrected chi connectivity index (χ3v) is 5.92. The highest BCUT2D eigenvalue weighted by Crippen LogP contribution is 2.28. The molecule has 7 N–H and O–H groups in total. The van der Waals surface area contributed by atoms with Crippen molar-refractivity contribution in [2.75, 3.05) is 16.0 Å². The number of carbonyl (C=O) groups excluding carboxylic acids is 1. The Bertz CT molecular complexity index is 1790. The Morgan fingerprint density at radius 1 is 0.633 bits per heavy atom. The van der Waals surface area contributed by atoms with Crippen molar-refractivity contribution >= 4 is 69.8 Å². The van der Waals surface area contributed by atoms with Crippen LogP contribution in [0.25, 0.3) is 0 Å². The van der Waals surface area contributed by atoms with Gasteiger partial charge in [0.2, 0.25) is 0 Å². The summed E-state index contributed by atoms with van der Waals surface area (Å²) in [6.07, 6.45) is -6.96. The average molecular weight is 732 g/mol. The first-order valence-corrected chi connectivity index (χ1v) is 13.6. The zero-order valence-electron chi connectivity index (χ0n) is 24.1. The number of anilines is 3. The number of hydrogen-bond acceptors (Lipinski definition) is 7. The van der Waals surface area contributed by atoms with Crippen molar-refractivity contribution in [2.45, 2.75) is 12.4 Å². The molecule has 0 radical (unpaired) electrons. The van der Waals surface area contributed by atoms with Crippen LogP contribution in [0.2, 0.25) is 10.0 Å². The lowest BCUT2D eigenvalue weighted by Crippen LogP contribution is -2.21. The molecule has 0 saturated heterocycles. The summed E-state index contributed by atoms with van der Waals surface area (Å²) < 4.78 is 63.5. The number of nitrogens with one attached hydrogen (secondary N) is 5. The molecule has 49 heavy (non-hydrogen) atoms. The van der Waals surface area contributed by atoms with E-state index >= 15 is 0 Å². The normalized spacial score (nSPS) is 10.6. The Hall–Kier alpha value is -5.75. The molecule has 0 spiro atoms. The third kappa shape index (κ3) is 13.1. The summed E-state index contributed by atoms with van der Waals surface area (Å²) in [4.78, 5) is 38.8. The van der Waals surface area contributed by atoms with E-state index in [1.807, 2.05) is 0 Å². The second-order valence-electron chi connectivity index (χ2n) is 8.88. The predicted octanol–water partition coefficient (Wildman–Crippen LogP) is 7.18. The van der Waals surface area contributed by atoms with Crippen molar-refractivity contribution in [2.24, 2.45) is 0 Å². The molecule has 0 unspecified atom stereocenters. The van der Waals surface area contributed by atoms with E-state index in [1.54, 1.807) is 85.2 Å². The van der Waals surface area contributed by atoms with Gasteiger partial charge in [0.15, 0.2) is 0 Å².